The Morgan fingerprint density at radius 2 is 1.58 bits per heavy atom. The summed E-state index contributed by atoms with van der Waals surface area (Å²) in [6, 6.07) is 11.2. The van der Waals surface area contributed by atoms with Crippen LogP contribution >= 0.6 is 27.5 Å². The monoisotopic (exact) mass is 454 g/mol. The van der Waals surface area contributed by atoms with E-state index in [4.69, 9.17) is 11.6 Å². The van der Waals surface area contributed by atoms with E-state index in [0.29, 0.717) is 10.4 Å². The van der Waals surface area contributed by atoms with Crippen molar-refractivity contribution in [2.75, 3.05) is 6.01 Å². The van der Waals surface area contributed by atoms with Gasteiger partial charge in [0.2, 0.25) is 9.84 Å². The van der Waals surface area contributed by atoms with E-state index in [1.807, 2.05) is 12.1 Å². The van der Waals surface area contributed by atoms with Gasteiger partial charge in [-0.1, -0.05) is 29.8 Å². The van der Waals surface area contributed by atoms with Crippen molar-refractivity contribution in [1.29, 1.82) is 0 Å². The van der Waals surface area contributed by atoms with E-state index in [1.54, 1.807) is 12.1 Å². The SMILES string of the molecule is O=S(=O)(CF)c1ccc(C2=C(c3ccc(Br)c(Cl)c3)CC3(CC3)C2)cc1. The van der Waals surface area contributed by atoms with E-state index in [9.17, 15) is 12.8 Å². The van der Waals surface area contributed by atoms with Crippen molar-refractivity contribution < 1.29 is 12.8 Å². The van der Waals surface area contributed by atoms with E-state index in [1.165, 1.54) is 36.1 Å². The van der Waals surface area contributed by atoms with Crippen LogP contribution in [-0.4, -0.2) is 14.4 Å². The lowest BCUT2D eigenvalue weighted by atomic mass is 9.97. The molecule has 4 rings (SSSR count). The highest BCUT2D eigenvalue weighted by atomic mass is 79.9. The van der Waals surface area contributed by atoms with Crippen LogP contribution in [0.25, 0.3) is 11.1 Å². The first-order valence-corrected chi connectivity index (χ1v) is 11.2. The van der Waals surface area contributed by atoms with Crippen LogP contribution in [0.5, 0.6) is 0 Å². The van der Waals surface area contributed by atoms with Gasteiger partial charge >= 0.3 is 0 Å². The van der Waals surface area contributed by atoms with E-state index in [0.717, 1.165) is 28.4 Å². The van der Waals surface area contributed by atoms with E-state index in [2.05, 4.69) is 22.0 Å². The molecule has 2 aromatic carbocycles. The lowest BCUT2D eigenvalue weighted by molar-refractivity contribution is 0.534. The third-order valence-corrected chi connectivity index (χ3v) is 7.91. The fraction of sp³-hybridized carbons (Fsp3) is 0.300. The maximum absolute atomic E-state index is 12.7. The quantitative estimate of drug-likeness (QED) is 0.543. The molecule has 0 heterocycles. The molecule has 0 atom stereocenters. The second kappa shape index (κ2) is 6.47. The van der Waals surface area contributed by atoms with Gasteiger partial charge in [-0.2, -0.15) is 0 Å². The maximum atomic E-state index is 12.7. The summed E-state index contributed by atoms with van der Waals surface area (Å²) in [6.45, 7) is 0. The maximum Gasteiger partial charge on any atom is 0.207 e. The molecule has 2 aliphatic rings. The molecule has 0 saturated heterocycles. The summed E-state index contributed by atoms with van der Waals surface area (Å²) in [5.74, 6) is 0. The van der Waals surface area contributed by atoms with Crippen LogP contribution in [-0.2, 0) is 9.84 Å². The van der Waals surface area contributed by atoms with Crippen LogP contribution < -0.4 is 0 Å². The van der Waals surface area contributed by atoms with Crippen molar-refractivity contribution in [3.05, 3.63) is 63.1 Å². The fourth-order valence-electron chi connectivity index (χ4n) is 3.72. The largest absolute Gasteiger partial charge is 0.233 e. The van der Waals surface area contributed by atoms with E-state index < -0.39 is 15.8 Å². The molecule has 1 fully saturated rings. The van der Waals surface area contributed by atoms with Gasteiger partial charge in [0, 0.05) is 4.47 Å². The molecule has 1 saturated carbocycles. The normalized spacial score (nSPS) is 18.6. The van der Waals surface area contributed by atoms with Gasteiger partial charge in [0.1, 0.15) is 0 Å². The molecule has 2 aromatic rings. The van der Waals surface area contributed by atoms with Crippen molar-refractivity contribution in [2.45, 2.75) is 30.6 Å². The first-order valence-electron chi connectivity index (χ1n) is 8.40. The topological polar surface area (TPSA) is 34.1 Å². The van der Waals surface area contributed by atoms with Crippen LogP contribution in [0.3, 0.4) is 0 Å². The number of rotatable bonds is 4. The van der Waals surface area contributed by atoms with Crippen LogP contribution in [0.2, 0.25) is 5.02 Å². The van der Waals surface area contributed by atoms with Gasteiger partial charge in [-0.15, -0.1) is 0 Å². The zero-order chi connectivity index (χ0) is 18.5. The zero-order valence-electron chi connectivity index (χ0n) is 13.9. The predicted octanol–water partition coefficient (Wildman–Crippen LogP) is 6.29. The first kappa shape index (κ1) is 18.2. The highest BCUT2D eigenvalue weighted by Gasteiger charge is 2.48. The van der Waals surface area contributed by atoms with Crippen molar-refractivity contribution >= 4 is 48.5 Å². The Kier molecular flexibility index (Phi) is 4.53. The molecule has 0 bridgehead atoms. The fourth-order valence-corrected chi connectivity index (χ4v) is 4.82. The summed E-state index contributed by atoms with van der Waals surface area (Å²) in [4.78, 5) is 0.0247. The van der Waals surface area contributed by atoms with Gasteiger partial charge < -0.3 is 0 Å². The Bertz CT molecular complexity index is 1010. The summed E-state index contributed by atoms with van der Waals surface area (Å²) < 4.78 is 37.0. The summed E-state index contributed by atoms with van der Waals surface area (Å²) in [5, 5.41) is 0.676. The zero-order valence-corrected chi connectivity index (χ0v) is 17.1. The lowest BCUT2D eigenvalue weighted by Crippen LogP contribution is -2.02. The number of benzene rings is 2. The molecule has 0 radical (unpaired) electrons. The molecule has 0 aromatic heterocycles. The van der Waals surface area contributed by atoms with Gasteiger partial charge in [0.25, 0.3) is 0 Å². The van der Waals surface area contributed by atoms with Gasteiger partial charge in [-0.25, -0.2) is 12.8 Å². The molecular weight excluding hydrogens is 439 g/mol. The number of halogens is 3. The predicted molar refractivity (Wildman–Crippen MR) is 106 cm³/mol. The third-order valence-electron chi connectivity index (χ3n) is 5.40. The minimum atomic E-state index is -3.83. The average molecular weight is 456 g/mol. The standard InChI is InChI=1S/C20H17BrClFO2S/c21-18-6-3-14(9-19(18)22)17-11-20(7-8-20)10-16(17)13-1-4-15(5-2-13)26(24,25)12-23/h1-6,9H,7-8,10-12H2. The van der Waals surface area contributed by atoms with Gasteiger partial charge in [0.05, 0.1) is 9.92 Å². The number of allylic oxidation sites excluding steroid dienone is 2. The Balaban J connectivity index is 1.77. The average Bonchev–Trinajstić information content (AvgIpc) is 3.28. The molecule has 6 heteroatoms. The number of sulfone groups is 1. The Morgan fingerprint density at radius 1 is 1.00 bits per heavy atom. The molecule has 0 N–H and O–H groups in total. The van der Waals surface area contributed by atoms with E-state index >= 15 is 0 Å². The molecule has 0 aliphatic heterocycles. The van der Waals surface area contributed by atoms with Crippen LogP contribution in [0.15, 0.2) is 51.8 Å². The summed E-state index contributed by atoms with van der Waals surface area (Å²) in [5.41, 5.74) is 4.98. The Hall–Kier alpha value is -1.17. The van der Waals surface area contributed by atoms with Gasteiger partial charge in [0.15, 0.2) is 6.01 Å². The van der Waals surface area contributed by atoms with Gasteiger partial charge in [-0.05, 0) is 93.6 Å². The highest BCUT2D eigenvalue weighted by molar-refractivity contribution is 9.10. The summed E-state index contributed by atoms with van der Waals surface area (Å²) in [6.07, 6.45) is 4.45. The summed E-state index contributed by atoms with van der Waals surface area (Å²) >= 11 is 9.72. The molecule has 2 aliphatic carbocycles. The third kappa shape index (κ3) is 3.25. The molecule has 136 valence electrons. The molecule has 1 spiro atoms. The molecule has 0 unspecified atom stereocenters. The molecule has 2 nitrogen and oxygen atoms in total. The minimum absolute atomic E-state index is 0.0247. The number of hydrogen-bond acceptors (Lipinski definition) is 2. The Labute approximate surface area is 166 Å². The smallest absolute Gasteiger partial charge is 0.207 e. The molecule has 0 amide bonds. The van der Waals surface area contributed by atoms with Crippen molar-refractivity contribution in [3.63, 3.8) is 0 Å². The highest BCUT2D eigenvalue weighted by Crippen LogP contribution is 2.63. The second-order valence-corrected chi connectivity index (χ2v) is 10.4. The lowest BCUT2D eigenvalue weighted by Gasteiger charge is -2.10. The number of hydrogen-bond donors (Lipinski definition) is 0. The second-order valence-electron chi connectivity index (χ2n) is 7.19. The van der Waals surface area contributed by atoms with Crippen molar-refractivity contribution in [3.8, 4) is 0 Å². The van der Waals surface area contributed by atoms with Crippen LogP contribution in [0.4, 0.5) is 4.39 Å². The van der Waals surface area contributed by atoms with Crippen molar-refractivity contribution in [1.82, 2.24) is 0 Å². The summed E-state index contributed by atoms with van der Waals surface area (Å²) in [7, 11) is -3.83. The van der Waals surface area contributed by atoms with Gasteiger partial charge in [-0.3, -0.25) is 0 Å². The molecular formula is C20H17BrClFO2S. The minimum Gasteiger partial charge on any atom is -0.233 e. The molecule has 26 heavy (non-hydrogen) atoms. The van der Waals surface area contributed by atoms with Crippen LogP contribution in [0, 0.1) is 5.41 Å². The van der Waals surface area contributed by atoms with Crippen molar-refractivity contribution in [2.24, 2.45) is 5.41 Å². The first-order chi connectivity index (χ1) is 12.3. The Morgan fingerprint density at radius 3 is 2.12 bits per heavy atom. The van der Waals surface area contributed by atoms with Crippen LogP contribution in [0.1, 0.15) is 36.8 Å². The van der Waals surface area contributed by atoms with E-state index in [-0.39, 0.29) is 4.90 Å². The number of alkyl halides is 1.